The third-order valence-electron chi connectivity index (χ3n) is 4.08. The predicted octanol–water partition coefficient (Wildman–Crippen LogP) is 5.27. The molecule has 0 radical (unpaired) electrons. The molecule has 0 bridgehead atoms. The molecule has 1 atom stereocenters. The van der Waals surface area contributed by atoms with Gasteiger partial charge in [0.05, 0.1) is 5.02 Å². The molecule has 0 aliphatic carbocycles. The molecule has 1 aromatic carbocycles. The summed E-state index contributed by atoms with van der Waals surface area (Å²) in [6.07, 6.45) is 0.665. The minimum absolute atomic E-state index is 0.0222. The Bertz CT molecular complexity index is 485. The highest BCUT2D eigenvalue weighted by Gasteiger charge is 2.40. The van der Waals surface area contributed by atoms with Crippen LogP contribution in [-0.2, 0) is 0 Å². The molecule has 0 amide bonds. The van der Waals surface area contributed by atoms with Gasteiger partial charge in [0.1, 0.15) is 0 Å². The maximum Gasteiger partial charge on any atom is 0.250 e. The second-order valence-electron chi connectivity index (χ2n) is 6.66. The van der Waals surface area contributed by atoms with E-state index in [2.05, 4.69) is 33.9 Å². The molecule has 1 rings (SSSR count). The normalized spacial score (nSPS) is 14.2. The van der Waals surface area contributed by atoms with Crippen LogP contribution < -0.4 is 10.2 Å². The first-order valence-corrected chi connectivity index (χ1v) is 10.2. The van der Waals surface area contributed by atoms with Crippen molar-refractivity contribution < 1.29 is 8.82 Å². The van der Waals surface area contributed by atoms with Crippen LogP contribution in [0.2, 0.25) is 23.2 Å². The van der Waals surface area contributed by atoms with Crippen LogP contribution in [0.15, 0.2) is 12.1 Å². The Morgan fingerprint density at radius 2 is 1.90 bits per heavy atom. The van der Waals surface area contributed by atoms with Gasteiger partial charge in [0.25, 0.3) is 8.32 Å². The van der Waals surface area contributed by atoms with E-state index in [1.165, 1.54) is 0 Å². The summed E-state index contributed by atoms with van der Waals surface area (Å²) >= 11 is 6.12. The van der Waals surface area contributed by atoms with Gasteiger partial charge >= 0.3 is 0 Å². The molecule has 20 heavy (non-hydrogen) atoms. The van der Waals surface area contributed by atoms with E-state index < -0.39 is 14.1 Å². The number of rotatable bonds is 4. The summed E-state index contributed by atoms with van der Waals surface area (Å²) in [5.74, 6) is -0.267. The lowest BCUT2D eigenvalue weighted by Gasteiger charge is -2.37. The maximum absolute atomic E-state index is 14.6. The molecule has 0 aliphatic rings. The molecule has 2 N–H and O–H groups in total. The summed E-state index contributed by atoms with van der Waals surface area (Å²) in [6.45, 7) is 12.4. The smallest absolute Gasteiger partial charge is 0.250 e. The van der Waals surface area contributed by atoms with Gasteiger partial charge in [-0.25, -0.2) is 4.39 Å². The quantitative estimate of drug-likeness (QED) is 0.767. The summed E-state index contributed by atoms with van der Waals surface area (Å²) in [4.78, 5) is 0. The van der Waals surface area contributed by atoms with Crippen LogP contribution in [0.4, 0.5) is 4.39 Å². The molecular weight excluding hydrogens is 293 g/mol. The van der Waals surface area contributed by atoms with Crippen LogP contribution in [0.3, 0.4) is 0 Å². The van der Waals surface area contributed by atoms with Crippen molar-refractivity contribution in [1.82, 2.24) is 0 Å². The lowest BCUT2D eigenvalue weighted by atomic mass is 10.0. The van der Waals surface area contributed by atoms with Crippen molar-refractivity contribution in [2.24, 2.45) is 5.73 Å². The van der Waals surface area contributed by atoms with E-state index in [4.69, 9.17) is 21.8 Å². The second-order valence-corrected chi connectivity index (χ2v) is 11.8. The van der Waals surface area contributed by atoms with Gasteiger partial charge in [-0.3, -0.25) is 0 Å². The first-order valence-electron chi connectivity index (χ1n) is 6.93. The molecule has 114 valence electrons. The third-order valence-corrected chi connectivity index (χ3v) is 8.71. The zero-order chi connectivity index (χ0) is 15.7. The highest BCUT2D eigenvalue weighted by molar-refractivity contribution is 6.74. The fourth-order valence-corrected chi connectivity index (χ4v) is 2.82. The Kier molecular flexibility index (Phi) is 5.27. The summed E-state index contributed by atoms with van der Waals surface area (Å²) in [6, 6.07) is 2.97. The third kappa shape index (κ3) is 3.54. The molecule has 5 heteroatoms. The van der Waals surface area contributed by atoms with Crippen molar-refractivity contribution in [3.63, 3.8) is 0 Å². The number of hydrogen-bond donors (Lipinski definition) is 1. The van der Waals surface area contributed by atoms with Gasteiger partial charge in [-0.1, -0.05) is 45.4 Å². The summed E-state index contributed by atoms with van der Waals surface area (Å²) in [7, 11) is -2.14. The van der Waals surface area contributed by atoms with Crippen LogP contribution >= 0.6 is 11.6 Å². The average Bonchev–Trinajstić information content (AvgIpc) is 2.32. The molecule has 0 fully saturated rings. The number of hydrogen-bond acceptors (Lipinski definition) is 2. The monoisotopic (exact) mass is 317 g/mol. The predicted molar refractivity (Wildman–Crippen MR) is 86.5 cm³/mol. The molecular formula is C15H25ClFNOSi. The molecule has 0 spiro atoms. The Morgan fingerprint density at radius 1 is 1.35 bits per heavy atom. The van der Waals surface area contributed by atoms with E-state index in [0.29, 0.717) is 17.0 Å². The Labute approximate surface area is 127 Å². The van der Waals surface area contributed by atoms with Crippen molar-refractivity contribution in [1.29, 1.82) is 0 Å². The van der Waals surface area contributed by atoms with Gasteiger partial charge in [-0.2, -0.15) is 0 Å². The lowest BCUT2D eigenvalue weighted by Crippen LogP contribution is -2.44. The largest absolute Gasteiger partial charge is 0.541 e. The molecule has 0 aliphatic heterocycles. The molecule has 0 aromatic heterocycles. The van der Waals surface area contributed by atoms with Crippen molar-refractivity contribution in [2.45, 2.75) is 58.3 Å². The van der Waals surface area contributed by atoms with Crippen molar-refractivity contribution in [2.75, 3.05) is 0 Å². The van der Waals surface area contributed by atoms with Gasteiger partial charge < -0.3 is 10.2 Å². The van der Waals surface area contributed by atoms with Gasteiger partial charge in [0.2, 0.25) is 0 Å². The number of halogens is 2. The highest BCUT2D eigenvalue weighted by Crippen LogP contribution is 2.41. The molecule has 0 saturated heterocycles. The topological polar surface area (TPSA) is 35.2 Å². The van der Waals surface area contributed by atoms with E-state index >= 15 is 0 Å². The summed E-state index contributed by atoms with van der Waals surface area (Å²) < 4.78 is 20.7. The number of benzene rings is 1. The molecule has 2 nitrogen and oxygen atoms in total. The molecule has 0 saturated carbocycles. The average molecular weight is 318 g/mol. The molecule has 1 aromatic rings. The van der Waals surface area contributed by atoms with Gasteiger partial charge in [-0.05, 0) is 30.6 Å². The fourth-order valence-electron chi connectivity index (χ4n) is 1.56. The van der Waals surface area contributed by atoms with E-state index in [9.17, 15) is 4.39 Å². The van der Waals surface area contributed by atoms with Crippen molar-refractivity contribution in [3.05, 3.63) is 28.5 Å². The number of nitrogens with two attached hydrogens (primary N) is 1. The second kappa shape index (κ2) is 6.04. The SMILES string of the molecule is CC[C@@H](N)c1ccc(Cl)c(O[Si](C)(C)C(C)(C)C)c1F. The maximum atomic E-state index is 14.6. The van der Waals surface area contributed by atoms with Crippen LogP contribution in [0.25, 0.3) is 0 Å². The summed E-state index contributed by atoms with van der Waals surface area (Å²) in [5, 5.41) is 0.283. The van der Waals surface area contributed by atoms with Crippen LogP contribution in [0.5, 0.6) is 5.75 Å². The zero-order valence-corrected chi connectivity index (χ0v) is 14.9. The van der Waals surface area contributed by atoms with E-state index in [1.54, 1.807) is 12.1 Å². The highest BCUT2D eigenvalue weighted by atomic mass is 35.5. The van der Waals surface area contributed by atoms with Gasteiger partial charge in [0, 0.05) is 11.6 Å². The van der Waals surface area contributed by atoms with E-state index in [0.717, 1.165) is 0 Å². The van der Waals surface area contributed by atoms with Crippen LogP contribution in [-0.4, -0.2) is 8.32 Å². The minimum atomic E-state index is -2.14. The van der Waals surface area contributed by atoms with E-state index in [1.807, 2.05) is 6.92 Å². The van der Waals surface area contributed by atoms with Gasteiger partial charge in [-0.15, -0.1) is 0 Å². The van der Waals surface area contributed by atoms with Crippen molar-refractivity contribution in [3.8, 4) is 5.75 Å². The Hall–Kier alpha value is -0.583. The fraction of sp³-hybridized carbons (Fsp3) is 0.600. The van der Waals surface area contributed by atoms with Gasteiger partial charge in [0.15, 0.2) is 11.6 Å². The Morgan fingerprint density at radius 3 is 2.35 bits per heavy atom. The zero-order valence-electron chi connectivity index (χ0n) is 13.2. The molecule has 0 unspecified atom stereocenters. The summed E-state index contributed by atoms with van der Waals surface area (Å²) in [5.41, 5.74) is 6.40. The minimum Gasteiger partial charge on any atom is -0.541 e. The van der Waals surface area contributed by atoms with Crippen LogP contribution in [0, 0.1) is 5.82 Å². The Balaban J connectivity index is 3.25. The lowest BCUT2D eigenvalue weighted by molar-refractivity contribution is 0.449. The first-order chi connectivity index (χ1) is 9.01. The molecule has 0 heterocycles. The first kappa shape index (κ1) is 17.5. The van der Waals surface area contributed by atoms with Crippen molar-refractivity contribution >= 4 is 19.9 Å². The standard InChI is InChI=1S/C15H25ClFNOSi/c1-7-12(18)10-8-9-11(16)14(13(10)17)19-20(5,6)15(2,3)4/h8-9,12H,7,18H2,1-6H3/t12-/m1/s1. The van der Waals surface area contributed by atoms with Crippen LogP contribution in [0.1, 0.15) is 45.7 Å². The van der Waals surface area contributed by atoms with E-state index in [-0.39, 0.29) is 16.8 Å².